The summed E-state index contributed by atoms with van der Waals surface area (Å²) in [6.45, 7) is 1.78. The van der Waals surface area contributed by atoms with Crippen LogP contribution >= 0.6 is 11.6 Å². The van der Waals surface area contributed by atoms with E-state index < -0.39 is 0 Å². The lowest BCUT2D eigenvalue weighted by Gasteiger charge is -2.05. The lowest BCUT2D eigenvalue weighted by Crippen LogP contribution is -1.98. The molecule has 1 aromatic rings. The number of halogens is 1. The third-order valence-corrected chi connectivity index (χ3v) is 1.77. The highest BCUT2D eigenvalue weighted by atomic mass is 35.5. The monoisotopic (exact) mass is 188 g/mol. The molecule has 4 nitrogen and oxygen atoms in total. The van der Waals surface area contributed by atoms with Crippen molar-refractivity contribution in [2.75, 3.05) is 14.2 Å². The summed E-state index contributed by atoms with van der Waals surface area (Å²) >= 11 is 5.77. The first-order chi connectivity index (χ1) is 5.69. The number of hydrogen-bond donors (Lipinski definition) is 0. The van der Waals surface area contributed by atoms with Crippen LogP contribution in [-0.4, -0.2) is 24.2 Å². The Labute approximate surface area is 75.5 Å². The van der Waals surface area contributed by atoms with Crippen molar-refractivity contribution in [3.05, 3.63) is 10.7 Å². The summed E-state index contributed by atoms with van der Waals surface area (Å²) in [7, 11) is 2.99. The molecule has 1 rings (SSSR count). The van der Waals surface area contributed by atoms with E-state index in [1.54, 1.807) is 6.92 Å². The van der Waals surface area contributed by atoms with Gasteiger partial charge in [-0.1, -0.05) is 11.6 Å². The van der Waals surface area contributed by atoms with Crippen LogP contribution in [0.2, 0.25) is 5.15 Å². The van der Waals surface area contributed by atoms with Crippen LogP contribution in [0.4, 0.5) is 0 Å². The zero-order valence-corrected chi connectivity index (χ0v) is 7.84. The molecule has 0 aliphatic rings. The molecule has 0 saturated carbocycles. The average Bonchev–Trinajstić information content (AvgIpc) is 2.09. The summed E-state index contributed by atoms with van der Waals surface area (Å²) in [6, 6.07) is 0.211. The number of methoxy groups -OCH3 is 2. The minimum absolute atomic E-state index is 0.211. The van der Waals surface area contributed by atoms with Crippen molar-refractivity contribution in [2.45, 2.75) is 6.92 Å². The number of aromatic nitrogens is 2. The number of ether oxygens (including phenoxy) is 2. The highest BCUT2D eigenvalue weighted by molar-refractivity contribution is 6.30. The number of nitrogens with zero attached hydrogens (tertiary/aromatic N) is 2. The SMILES string of the molecule is COc1nc(Cl)c(C)c(OC)n1. The molecule has 0 atom stereocenters. The quantitative estimate of drug-likeness (QED) is 0.659. The van der Waals surface area contributed by atoms with Gasteiger partial charge in [0.15, 0.2) is 0 Å². The van der Waals surface area contributed by atoms with Crippen molar-refractivity contribution >= 4 is 11.6 Å². The number of hydrogen-bond acceptors (Lipinski definition) is 4. The summed E-state index contributed by atoms with van der Waals surface area (Å²) in [5, 5.41) is 0.346. The highest BCUT2D eigenvalue weighted by Crippen LogP contribution is 2.23. The molecule has 0 spiro atoms. The summed E-state index contributed by atoms with van der Waals surface area (Å²) in [6.07, 6.45) is 0. The first kappa shape index (κ1) is 9.06. The van der Waals surface area contributed by atoms with Gasteiger partial charge in [-0.2, -0.15) is 9.97 Å². The van der Waals surface area contributed by atoms with Gasteiger partial charge in [-0.15, -0.1) is 0 Å². The molecule has 66 valence electrons. The molecule has 0 unspecified atom stereocenters. The smallest absolute Gasteiger partial charge is 0.320 e. The van der Waals surface area contributed by atoms with Crippen LogP contribution in [0.1, 0.15) is 5.56 Å². The van der Waals surface area contributed by atoms with Gasteiger partial charge in [-0.25, -0.2) is 0 Å². The van der Waals surface area contributed by atoms with Gasteiger partial charge in [0.05, 0.1) is 14.2 Å². The van der Waals surface area contributed by atoms with Crippen LogP contribution in [0.3, 0.4) is 0 Å². The first-order valence-corrected chi connectivity index (χ1v) is 3.69. The van der Waals surface area contributed by atoms with E-state index in [0.717, 1.165) is 0 Å². The Kier molecular flexibility index (Phi) is 2.70. The molecule has 0 aliphatic heterocycles. The van der Waals surface area contributed by atoms with E-state index in [2.05, 4.69) is 9.97 Å². The van der Waals surface area contributed by atoms with E-state index in [4.69, 9.17) is 21.1 Å². The topological polar surface area (TPSA) is 44.2 Å². The van der Waals surface area contributed by atoms with E-state index in [1.165, 1.54) is 14.2 Å². The van der Waals surface area contributed by atoms with E-state index in [-0.39, 0.29) is 6.01 Å². The van der Waals surface area contributed by atoms with E-state index >= 15 is 0 Å². The molecule has 0 radical (unpaired) electrons. The average molecular weight is 189 g/mol. The predicted octanol–water partition coefficient (Wildman–Crippen LogP) is 1.46. The van der Waals surface area contributed by atoms with Crippen molar-refractivity contribution in [2.24, 2.45) is 0 Å². The second-order valence-corrected chi connectivity index (χ2v) is 2.49. The number of rotatable bonds is 2. The fourth-order valence-electron chi connectivity index (χ4n) is 0.742. The zero-order valence-electron chi connectivity index (χ0n) is 7.09. The third kappa shape index (κ3) is 1.58. The molecule has 12 heavy (non-hydrogen) atoms. The molecular weight excluding hydrogens is 180 g/mol. The molecule has 0 aromatic carbocycles. The van der Waals surface area contributed by atoms with Crippen molar-refractivity contribution in [1.82, 2.24) is 9.97 Å². The fourth-order valence-corrected chi connectivity index (χ4v) is 0.895. The maximum Gasteiger partial charge on any atom is 0.320 e. The Balaban J connectivity index is 3.19. The van der Waals surface area contributed by atoms with Gasteiger partial charge in [-0.3, -0.25) is 0 Å². The summed E-state index contributed by atoms with van der Waals surface area (Å²) in [5.74, 6) is 0.437. The molecular formula is C7H9ClN2O2. The molecule has 0 fully saturated rings. The lowest BCUT2D eigenvalue weighted by molar-refractivity contribution is 0.350. The van der Waals surface area contributed by atoms with E-state index in [9.17, 15) is 0 Å². The van der Waals surface area contributed by atoms with Gasteiger partial charge in [0, 0.05) is 5.56 Å². The lowest BCUT2D eigenvalue weighted by atomic mass is 10.4. The highest BCUT2D eigenvalue weighted by Gasteiger charge is 2.08. The van der Waals surface area contributed by atoms with Crippen LogP contribution in [-0.2, 0) is 0 Å². The van der Waals surface area contributed by atoms with Gasteiger partial charge in [0.2, 0.25) is 5.88 Å². The van der Waals surface area contributed by atoms with Crippen LogP contribution in [0.15, 0.2) is 0 Å². The molecule has 5 heteroatoms. The zero-order chi connectivity index (χ0) is 9.14. The predicted molar refractivity (Wildman–Crippen MR) is 44.9 cm³/mol. The summed E-state index contributed by atoms with van der Waals surface area (Å²) < 4.78 is 9.76. The molecule has 0 aliphatic carbocycles. The Hall–Kier alpha value is -1.03. The van der Waals surface area contributed by atoms with Crippen LogP contribution in [0.25, 0.3) is 0 Å². The Morgan fingerprint density at radius 2 is 1.83 bits per heavy atom. The molecule has 1 heterocycles. The molecule has 1 aromatic heterocycles. The van der Waals surface area contributed by atoms with Gasteiger partial charge in [0.1, 0.15) is 5.15 Å². The maximum absolute atomic E-state index is 5.77. The van der Waals surface area contributed by atoms with E-state index in [0.29, 0.717) is 16.6 Å². The van der Waals surface area contributed by atoms with Crippen LogP contribution in [0, 0.1) is 6.92 Å². The Morgan fingerprint density at radius 3 is 2.33 bits per heavy atom. The fraction of sp³-hybridized carbons (Fsp3) is 0.429. The van der Waals surface area contributed by atoms with Crippen LogP contribution in [0.5, 0.6) is 11.9 Å². The molecule has 0 amide bonds. The molecule has 0 bridgehead atoms. The van der Waals surface area contributed by atoms with Gasteiger partial charge in [-0.05, 0) is 6.92 Å². The Bertz CT molecular complexity index is 291. The van der Waals surface area contributed by atoms with Crippen molar-refractivity contribution < 1.29 is 9.47 Å². The van der Waals surface area contributed by atoms with Gasteiger partial charge >= 0.3 is 6.01 Å². The first-order valence-electron chi connectivity index (χ1n) is 3.31. The minimum atomic E-state index is 0.211. The second kappa shape index (κ2) is 3.58. The van der Waals surface area contributed by atoms with Crippen molar-refractivity contribution in [3.63, 3.8) is 0 Å². The van der Waals surface area contributed by atoms with Crippen molar-refractivity contribution in [3.8, 4) is 11.9 Å². The normalized spacial score (nSPS) is 9.67. The summed E-state index contributed by atoms with van der Waals surface area (Å²) in [4.78, 5) is 7.78. The van der Waals surface area contributed by atoms with Crippen molar-refractivity contribution in [1.29, 1.82) is 0 Å². The Morgan fingerprint density at radius 1 is 1.17 bits per heavy atom. The standard InChI is InChI=1S/C7H9ClN2O2/c1-4-5(8)9-7(12-3)10-6(4)11-2/h1-3H3. The maximum atomic E-state index is 5.77. The summed E-state index contributed by atoms with van der Waals surface area (Å²) in [5.41, 5.74) is 0.708. The second-order valence-electron chi connectivity index (χ2n) is 2.14. The molecule has 0 N–H and O–H groups in total. The third-order valence-electron chi connectivity index (χ3n) is 1.40. The largest absolute Gasteiger partial charge is 0.481 e. The van der Waals surface area contributed by atoms with Gasteiger partial charge in [0.25, 0.3) is 0 Å². The van der Waals surface area contributed by atoms with Crippen LogP contribution < -0.4 is 9.47 Å². The van der Waals surface area contributed by atoms with Gasteiger partial charge < -0.3 is 9.47 Å². The minimum Gasteiger partial charge on any atom is -0.481 e. The van der Waals surface area contributed by atoms with E-state index in [1.807, 2.05) is 0 Å². The molecule has 0 saturated heterocycles.